The molecule has 1 aromatic carbocycles. The number of rotatable bonds is 6. The average Bonchev–Trinajstić information content (AvgIpc) is 2.94. The molecular formula is C14H16BrN3O2. The van der Waals surface area contributed by atoms with Crippen molar-refractivity contribution in [1.29, 1.82) is 0 Å². The molecule has 0 bridgehead atoms. The second-order valence-corrected chi connectivity index (χ2v) is 5.14. The number of nitrogens with zero attached hydrogens (tertiary/aromatic N) is 2. The van der Waals surface area contributed by atoms with Crippen LogP contribution >= 0.6 is 15.9 Å². The topological polar surface area (TPSA) is 56.1 Å². The first-order valence-electron chi connectivity index (χ1n) is 6.31. The zero-order valence-corrected chi connectivity index (χ0v) is 12.7. The molecule has 5 nitrogen and oxygen atoms in total. The summed E-state index contributed by atoms with van der Waals surface area (Å²) >= 11 is 3.39. The number of hydrogen-bond acceptors (Lipinski definition) is 3. The van der Waals surface area contributed by atoms with Crippen LogP contribution in [0.2, 0.25) is 0 Å². The molecule has 1 aromatic heterocycles. The van der Waals surface area contributed by atoms with Crippen molar-refractivity contribution < 1.29 is 9.53 Å². The Bertz CT molecular complexity index is 557. The van der Waals surface area contributed by atoms with Crippen molar-refractivity contribution in [3.05, 3.63) is 47.5 Å². The van der Waals surface area contributed by atoms with Crippen LogP contribution in [0, 0.1) is 0 Å². The van der Waals surface area contributed by atoms with Gasteiger partial charge in [-0.1, -0.05) is 12.1 Å². The van der Waals surface area contributed by atoms with E-state index in [0.29, 0.717) is 18.8 Å². The van der Waals surface area contributed by atoms with Gasteiger partial charge in [0.2, 0.25) is 0 Å². The molecule has 2 rings (SSSR count). The first-order chi connectivity index (χ1) is 9.66. The molecular weight excluding hydrogens is 322 g/mol. The fourth-order valence-corrected chi connectivity index (χ4v) is 2.03. The van der Waals surface area contributed by atoms with E-state index >= 15 is 0 Å². The summed E-state index contributed by atoms with van der Waals surface area (Å²) in [6.07, 6.45) is 4.73. The van der Waals surface area contributed by atoms with E-state index in [1.807, 2.05) is 35.0 Å². The maximum atomic E-state index is 11.9. The van der Waals surface area contributed by atoms with Gasteiger partial charge in [-0.05, 0) is 35.0 Å². The Kier molecular flexibility index (Phi) is 5.17. The fraction of sp³-hybridized carbons (Fsp3) is 0.286. The monoisotopic (exact) mass is 337 g/mol. The van der Waals surface area contributed by atoms with Crippen LogP contribution in [0.4, 0.5) is 0 Å². The van der Waals surface area contributed by atoms with Crippen LogP contribution < -0.4 is 10.1 Å². The number of ether oxygens (including phenoxy) is 1. The van der Waals surface area contributed by atoms with Gasteiger partial charge < -0.3 is 14.6 Å². The van der Waals surface area contributed by atoms with Crippen LogP contribution in [-0.4, -0.2) is 28.1 Å². The van der Waals surface area contributed by atoms with Crippen molar-refractivity contribution in [3.63, 3.8) is 0 Å². The summed E-state index contributed by atoms with van der Waals surface area (Å²) in [6, 6.07) is 7.45. The van der Waals surface area contributed by atoms with Crippen molar-refractivity contribution in [3.8, 4) is 5.75 Å². The SMILES string of the molecule is C[C@H](Oc1ccccc1Br)C(=O)NCCn1ccnc1. The molecule has 1 atom stereocenters. The van der Waals surface area contributed by atoms with Gasteiger partial charge in [0.25, 0.3) is 5.91 Å². The molecule has 0 aliphatic rings. The molecule has 1 amide bonds. The minimum atomic E-state index is -0.545. The minimum Gasteiger partial charge on any atom is -0.480 e. The molecule has 0 aliphatic carbocycles. The third-order valence-corrected chi connectivity index (χ3v) is 3.39. The lowest BCUT2D eigenvalue weighted by Gasteiger charge is -2.15. The smallest absolute Gasteiger partial charge is 0.260 e. The molecule has 106 valence electrons. The molecule has 1 heterocycles. The van der Waals surface area contributed by atoms with Crippen molar-refractivity contribution in [2.24, 2.45) is 0 Å². The third-order valence-electron chi connectivity index (χ3n) is 2.74. The predicted molar refractivity (Wildman–Crippen MR) is 79.5 cm³/mol. The Morgan fingerprint density at radius 1 is 1.50 bits per heavy atom. The van der Waals surface area contributed by atoms with Crippen molar-refractivity contribution in [2.75, 3.05) is 6.54 Å². The van der Waals surface area contributed by atoms with E-state index in [2.05, 4.69) is 26.2 Å². The van der Waals surface area contributed by atoms with Gasteiger partial charge in [-0.25, -0.2) is 4.98 Å². The van der Waals surface area contributed by atoms with Gasteiger partial charge in [0.05, 0.1) is 10.8 Å². The van der Waals surface area contributed by atoms with E-state index in [4.69, 9.17) is 4.74 Å². The third kappa shape index (κ3) is 4.09. The van der Waals surface area contributed by atoms with E-state index in [1.165, 1.54) is 0 Å². The van der Waals surface area contributed by atoms with Gasteiger partial charge in [0, 0.05) is 25.5 Å². The average molecular weight is 338 g/mol. The van der Waals surface area contributed by atoms with E-state index in [-0.39, 0.29) is 5.91 Å². The van der Waals surface area contributed by atoms with Crippen molar-refractivity contribution in [1.82, 2.24) is 14.9 Å². The van der Waals surface area contributed by atoms with Crippen molar-refractivity contribution in [2.45, 2.75) is 19.6 Å². The summed E-state index contributed by atoms with van der Waals surface area (Å²) < 4.78 is 8.35. The van der Waals surface area contributed by atoms with Crippen LogP contribution in [0.25, 0.3) is 0 Å². The molecule has 20 heavy (non-hydrogen) atoms. The number of hydrogen-bond donors (Lipinski definition) is 1. The quantitative estimate of drug-likeness (QED) is 0.879. The molecule has 0 aliphatic heterocycles. The van der Waals surface area contributed by atoms with E-state index in [0.717, 1.165) is 4.47 Å². The second kappa shape index (κ2) is 7.09. The standard InChI is InChI=1S/C14H16BrN3O2/c1-11(20-13-5-3-2-4-12(13)15)14(19)17-7-9-18-8-6-16-10-18/h2-6,8,10-11H,7,9H2,1H3,(H,17,19)/t11-/m0/s1. The van der Waals surface area contributed by atoms with E-state index in [1.54, 1.807) is 19.4 Å². The highest BCUT2D eigenvalue weighted by atomic mass is 79.9. The molecule has 0 fully saturated rings. The molecule has 1 N–H and O–H groups in total. The Balaban J connectivity index is 1.79. The number of para-hydroxylation sites is 1. The summed E-state index contributed by atoms with van der Waals surface area (Å²) in [7, 11) is 0. The number of carbonyl (C=O) groups excluding carboxylic acids is 1. The number of halogens is 1. The maximum absolute atomic E-state index is 11.9. The highest BCUT2D eigenvalue weighted by molar-refractivity contribution is 9.10. The van der Waals surface area contributed by atoms with Gasteiger partial charge in [0.15, 0.2) is 6.10 Å². The predicted octanol–water partition coefficient (Wildman–Crippen LogP) is 2.23. The molecule has 0 radical (unpaired) electrons. The highest BCUT2D eigenvalue weighted by Crippen LogP contribution is 2.24. The zero-order valence-electron chi connectivity index (χ0n) is 11.1. The van der Waals surface area contributed by atoms with Gasteiger partial charge in [-0.3, -0.25) is 4.79 Å². The first kappa shape index (κ1) is 14.6. The number of benzene rings is 1. The fourth-order valence-electron chi connectivity index (χ4n) is 1.66. The number of carbonyl (C=O) groups is 1. The lowest BCUT2D eigenvalue weighted by molar-refractivity contribution is -0.127. The minimum absolute atomic E-state index is 0.138. The van der Waals surface area contributed by atoms with Crippen LogP contribution in [0.3, 0.4) is 0 Å². The Morgan fingerprint density at radius 3 is 3.00 bits per heavy atom. The lowest BCUT2D eigenvalue weighted by Crippen LogP contribution is -2.37. The van der Waals surface area contributed by atoms with Gasteiger partial charge in [-0.2, -0.15) is 0 Å². The van der Waals surface area contributed by atoms with Crippen LogP contribution in [0.5, 0.6) is 5.75 Å². The largest absolute Gasteiger partial charge is 0.480 e. The first-order valence-corrected chi connectivity index (χ1v) is 7.11. The maximum Gasteiger partial charge on any atom is 0.260 e. The van der Waals surface area contributed by atoms with Gasteiger partial charge in [-0.15, -0.1) is 0 Å². The summed E-state index contributed by atoms with van der Waals surface area (Å²) in [5.41, 5.74) is 0. The number of aromatic nitrogens is 2. The van der Waals surface area contributed by atoms with Gasteiger partial charge in [0.1, 0.15) is 5.75 Å². The normalized spacial score (nSPS) is 11.9. The Hall–Kier alpha value is -1.82. The number of amides is 1. The molecule has 0 spiro atoms. The molecule has 2 aromatic rings. The van der Waals surface area contributed by atoms with E-state index in [9.17, 15) is 4.79 Å². The number of imidazole rings is 1. The molecule has 6 heteroatoms. The summed E-state index contributed by atoms with van der Waals surface area (Å²) in [5.74, 6) is 0.519. The van der Waals surface area contributed by atoms with Crippen LogP contribution in [-0.2, 0) is 11.3 Å². The molecule has 0 saturated carbocycles. The number of nitrogens with one attached hydrogen (secondary N) is 1. The molecule has 0 saturated heterocycles. The Labute approximate surface area is 126 Å². The molecule has 0 unspecified atom stereocenters. The second-order valence-electron chi connectivity index (χ2n) is 4.28. The van der Waals surface area contributed by atoms with Crippen LogP contribution in [0.15, 0.2) is 47.5 Å². The zero-order chi connectivity index (χ0) is 14.4. The van der Waals surface area contributed by atoms with E-state index < -0.39 is 6.10 Å². The van der Waals surface area contributed by atoms with Crippen LogP contribution in [0.1, 0.15) is 6.92 Å². The summed E-state index contributed by atoms with van der Waals surface area (Å²) in [6.45, 7) is 2.96. The lowest BCUT2D eigenvalue weighted by atomic mass is 10.3. The Morgan fingerprint density at radius 2 is 2.30 bits per heavy atom. The highest BCUT2D eigenvalue weighted by Gasteiger charge is 2.15. The van der Waals surface area contributed by atoms with Crippen molar-refractivity contribution >= 4 is 21.8 Å². The summed E-state index contributed by atoms with van der Waals surface area (Å²) in [5, 5.41) is 2.83. The van der Waals surface area contributed by atoms with Gasteiger partial charge >= 0.3 is 0 Å². The summed E-state index contributed by atoms with van der Waals surface area (Å²) in [4.78, 5) is 15.9.